The molecule has 0 spiro atoms. The minimum absolute atomic E-state index is 0.0739. The van der Waals surface area contributed by atoms with Crippen molar-refractivity contribution in [1.29, 1.82) is 0 Å². The zero-order chi connectivity index (χ0) is 22.3. The number of fused-ring (bicyclic) bond motifs is 2. The summed E-state index contributed by atoms with van der Waals surface area (Å²) >= 11 is 0. The van der Waals surface area contributed by atoms with Crippen LogP contribution in [-0.2, 0) is 4.79 Å². The van der Waals surface area contributed by atoms with Gasteiger partial charge in [0.15, 0.2) is 0 Å². The van der Waals surface area contributed by atoms with Gasteiger partial charge in [-0.2, -0.15) is 4.98 Å². The quantitative estimate of drug-likeness (QED) is 0.483. The highest BCUT2D eigenvalue weighted by molar-refractivity contribution is 5.89. The molecule has 0 radical (unpaired) electrons. The van der Waals surface area contributed by atoms with Crippen LogP contribution in [-0.4, -0.2) is 49.2 Å². The number of ether oxygens (including phenoxy) is 1. The molecule has 164 valence electrons. The highest BCUT2D eigenvalue weighted by Crippen LogP contribution is 2.35. The van der Waals surface area contributed by atoms with Gasteiger partial charge in [0.25, 0.3) is 0 Å². The number of hydrogen-bond donors (Lipinski definition) is 2. The summed E-state index contributed by atoms with van der Waals surface area (Å²) in [5, 5.41) is 11.1. The fraction of sp³-hybridized carbons (Fsp3) is 0.348. The number of carbonyl (C=O) groups is 1. The third-order valence-electron chi connectivity index (χ3n) is 5.94. The first-order chi connectivity index (χ1) is 15.5. The van der Waals surface area contributed by atoms with Crippen molar-refractivity contribution in [2.24, 2.45) is 0 Å². The van der Waals surface area contributed by atoms with Gasteiger partial charge in [-0.3, -0.25) is 14.8 Å². The Morgan fingerprint density at radius 3 is 2.75 bits per heavy atom. The molecule has 3 heterocycles. The topological polar surface area (TPSA) is 106 Å². The molecule has 0 unspecified atom stereocenters. The average molecular weight is 432 g/mol. The summed E-state index contributed by atoms with van der Waals surface area (Å²) in [4.78, 5) is 25.1. The molecule has 0 saturated heterocycles. The van der Waals surface area contributed by atoms with Crippen molar-refractivity contribution >= 4 is 28.4 Å². The molecular weight excluding hydrogens is 406 g/mol. The fourth-order valence-electron chi connectivity index (χ4n) is 4.40. The molecule has 2 N–H and O–H groups in total. The predicted octanol–water partition coefficient (Wildman–Crippen LogP) is 3.21. The number of nitrogens with one attached hydrogen (secondary N) is 2. The van der Waals surface area contributed by atoms with Crippen molar-refractivity contribution < 1.29 is 9.53 Å². The van der Waals surface area contributed by atoms with Crippen molar-refractivity contribution in [3.05, 3.63) is 42.9 Å². The number of hydrogen-bond acceptors (Lipinski definition) is 7. The second-order valence-electron chi connectivity index (χ2n) is 8.44. The van der Waals surface area contributed by atoms with Crippen molar-refractivity contribution in [3.8, 4) is 17.0 Å². The summed E-state index contributed by atoms with van der Waals surface area (Å²) in [6.07, 6.45) is 7.39. The van der Waals surface area contributed by atoms with Gasteiger partial charge in [-0.1, -0.05) is 13.0 Å². The van der Waals surface area contributed by atoms with Crippen LogP contribution >= 0.6 is 0 Å². The number of amides is 1. The lowest BCUT2D eigenvalue weighted by Crippen LogP contribution is -2.59. The van der Waals surface area contributed by atoms with E-state index in [9.17, 15) is 4.79 Å². The Hall–Kier alpha value is -3.75. The summed E-state index contributed by atoms with van der Waals surface area (Å²) in [6, 6.07) is 8.15. The molecule has 4 aromatic rings. The normalized spacial score (nSPS) is 20.2. The number of rotatable bonds is 6. The van der Waals surface area contributed by atoms with Crippen molar-refractivity contribution in [2.45, 2.75) is 44.7 Å². The molecule has 1 aliphatic rings. The maximum Gasteiger partial charge on any atom is 0.244 e. The minimum Gasteiger partial charge on any atom is -0.479 e. The lowest BCUT2D eigenvalue weighted by atomic mass is 9.74. The largest absolute Gasteiger partial charge is 0.479 e. The van der Waals surface area contributed by atoms with E-state index in [4.69, 9.17) is 4.74 Å². The Labute approximate surface area is 185 Å². The number of carbonyl (C=O) groups excluding carboxylic acids is 1. The third kappa shape index (κ3) is 3.59. The van der Waals surface area contributed by atoms with E-state index in [1.807, 2.05) is 37.4 Å². The summed E-state index contributed by atoms with van der Waals surface area (Å²) in [5.74, 6) is 1.06. The lowest BCUT2D eigenvalue weighted by molar-refractivity contribution is -0.123. The number of nitrogens with zero attached hydrogens (tertiary/aromatic N) is 5. The predicted molar refractivity (Wildman–Crippen MR) is 122 cm³/mol. The molecule has 9 heteroatoms. The van der Waals surface area contributed by atoms with Crippen LogP contribution in [0.2, 0.25) is 0 Å². The van der Waals surface area contributed by atoms with Gasteiger partial charge in [-0.05, 0) is 43.5 Å². The van der Waals surface area contributed by atoms with E-state index in [0.717, 1.165) is 40.5 Å². The highest BCUT2D eigenvalue weighted by atomic mass is 16.5. The Morgan fingerprint density at radius 2 is 2.00 bits per heavy atom. The molecule has 1 amide bonds. The van der Waals surface area contributed by atoms with Crippen LogP contribution in [0.5, 0.6) is 5.88 Å². The van der Waals surface area contributed by atoms with E-state index in [-0.39, 0.29) is 17.5 Å². The van der Waals surface area contributed by atoms with Gasteiger partial charge in [-0.25, -0.2) is 4.52 Å². The molecule has 0 atom stereocenters. The van der Waals surface area contributed by atoms with Gasteiger partial charge in [-0.15, -0.1) is 5.10 Å². The molecule has 1 aliphatic carbocycles. The minimum atomic E-state index is -0.182. The molecule has 9 nitrogen and oxygen atoms in total. The van der Waals surface area contributed by atoms with E-state index in [1.54, 1.807) is 24.0 Å². The van der Waals surface area contributed by atoms with E-state index < -0.39 is 0 Å². The van der Waals surface area contributed by atoms with E-state index >= 15 is 0 Å². The van der Waals surface area contributed by atoms with Crippen LogP contribution in [0.25, 0.3) is 27.7 Å². The Balaban J connectivity index is 1.41. The smallest absolute Gasteiger partial charge is 0.244 e. The maximum absolute atomic E-state index is 11.7. The van der Waals surface area contributed by atoms with Crippen molar-refractivity contribution in [3.63, 3.8) is 0 Å². The number of benzene rings is 1. The van der Waals surface area contributed by atoms with E-state index in [2.05, 4.69) is 37.6 Å². The van der Waals surface area contributed by atoms with Crippen LogP contribution in [0.15, 0.2) is 42.9 Å². The van der Waals surface area contributed by atoms with Gasteiger partial charge in [0, 0.05) is 42.2 Å². The first-order valence-electron chi connectivity index (χ1n) is 10.7. The monoisotopic (exact) mass is 431 g/mol. The average Bonchev–Trinajstić information content (AvgIpc) is 3.21. The second kappa shape index (κ2) is 7.74. The van der Waals surface area contributed by atoms with Crippen LogP contribution in [0.1, 0.15) is 33.1 Å². The molecule has 1 aromatic carbocycles. The molecule has 0 aliphatic heterocycles. The molecule has 0 bridgehead atoms. The molecule has 5 rings (SSSR count). The lowest BCUT2D eigenvalue weighted by Gasteiger charge is -2.45. The Morgan fingerprint density at radius 1 is 1.22 bits per heavy atom. The molecule has 1 fully saturated rings. The van der Waals surface area contributed by atoms with E-state index in [0.29, 0.717) is 18.2 Å². The maximum atomic E-state index is 11.7. The standard InChI is InChI=1S/C23H25N7O2/c1-4-19(31)28-23(2)12-15(13-23)26-22-27-21(32-3)20-16(7-10-30(20)29-22)14-5-6-17-18(11-14)25-9-8-24-17/h5-11,15H,4,12-13H2,1-3H3,(H,26,29)(H,28,31). The SMILES string of the molecule is CCC(=O)NC1(C)CC(Nc2nc(OC)c3c(-c4ccc5nccnc5c4)ccn3n2)C1. The van der Waals surface area contributed by atoms with Gasteiger partial charge >= 0.3 is 0 Å². The van der Waals surface area contributed by atoms with Crippen molar-refractivity contribution in [1.82, 2.24) is 29.9 Å². The molecule has 3 aromatic heterocycles. The van der Waals surface area contributed by atoms with E-state index in [1.165, 1.54) is 0 Å². The molecule has 32 heavy (non-hydrogen) atoms. The summed E-state index contributed by atoms with van der Waals surface area (Å²) in [7, 11) is 1.61. The van der Waals surface area contributed by atoms with Crippen LogP contribution in [0.3, 0.4) is 0 Å². The first kappa shape index (κ1) is 20.2. The Kier molecular flexibility index (Phi) is 4.88. The zero-order valence-corrected chi connectivity index (χ0v) is 18.3. The van der Waals surface area contributed by atoms with Gasteiger partial charge in [0.2, 0.25) is 17.7 Å². The summed E-state index contributed by atoms with van der Waals surface area (Å²) in [5.41, 5.74) is 4.22. The van der Waals surface area contributed by atoms with Gasteiger partial charge in [0.1, 0.15) is 5.52 Å². The fourth-order valence-corrected chi connectivity index (χ4v) is 4.40. The highest BCUT2D eigenvalue weighted by Gasteiger charge is 2.41. The zero-order valence-electron chi connectivity index (χ0n) is 18.3. The molecule has 1 saturated carbocycles. The molecular formula is C23H25N7O2. The van der Waals surface area contributed by atoms with Crippen molar-refractivity contribution in [2.75, 3.05) is 12.4 Å². The third-order valence-corrected chi connectivity index (χ3v) is 5.94. The van der Waals surface area contributed by atoms with Crippen LogP contribution in [0, 0.1) is 0 Å². The summed E-state index contributed by atoms with van der Waals surface area (Å²) < 4.78 is 7.40. The second-order valence-corrected chi connectivity index (χ2v) is 8.44. The number of methoxy groups -OCH3 is 1. The van der Waals surface area contributed by atoms with Gasteiger partial charge < -0.3 is 15.4 Å². The van der Waals surface area contributed by atoms with Crippen LogP contribution in [0.4, 0.5) is 5.95 Å². The number of anilines is 1. The number of aromatic nitrogens is 5. The van der Waals surface area contributed by atoms with Gasteiger partial charge in [0.05, 0.1) is 18.1 Å². The summed E-state index contributed by atoms with van der Waals surface area (Å²) in [6.45, 7) is 3.93. The first-order valence-corrected chi connectivity index (χ1v) is 10.7. The Bertz CT molecular complexity index is 1310. The van der Waals surface area contributed by atoms with Crippen LogP contribution < -0.4 is 15.4 Å².